The Kier molecular flexibility index (Phi) is 4.19. The molecule has 1 saturated carbocycles. The Morgan fingerprint density at radius 3 is 2.65 bits per heavy atom. The standard InChI is InChI=1S/C20H28N2O3S/c1-13-7-16(12-20(2,3)11-13)21-26(24,25)17-8-14-5-4-6-22-18(23)10-15(9-17)19(14)22/h8-9,13,16,21H,4-7,10-12H2,1-3H3/t13-,16+/m1/s1. The third-order valence-corrected chi connectivity index (χ3v) is 7.50. The number of sulfonamides is 1. The van der Waals surface area contributed by atoms with Gasteiger partial charge < -0.3 is 4.90 Å². The number of amides is 1. The third kappa shape index (κ3) is 3.18. The first-order chi connectivity index (χ1) is 12.1. The first kappa shape index (κ1) is 18.0. The van der Waals surface area contributed by atoms with Gasteiger partial charge in [0.2, 0.25) is 15.9 Å². The van der Waals surface area contributed by atoms with Crippen LogP contribution in [0, 0.1) is 11.3 Å². The Hall–Kier alpha value is -1.40. The molecule has 1 aliphatic carbocycles. The van der Waals surface area contributed by atoms with Crippen LogP contribution in [0.5, 0.6) is 0 Å². The Labute approximate surface area is 156 Å². The summed E-state index contributed by atoms with van der Waals surface area (Å²) in [6, 6.07) is 3.46. The number of nitrogens with one attached hydrogen (secondary N) is 1. The quantitative estimate of drug-likeness (QED) is 0.882. The fourth-order valence-electron chi connectivity index (χ4n) is 5.33. The maximum absolute atomic E-state index is 13.1. The summed E-state index contributed by atoms with van der Waals surface area (Å²) >= 11 is 0. The Morgan fingerprint density at radius 2 is 1.92 bits per heavy atom. The van der Waals surface area contributed by atoms with E-state index in [4.69, 9.17) is 0 Å². The first-order valence-electron chi connectivity index (χ1n) is 9.63. The van der Waals surface area contributed by atoms with Gasteiger partial charge in [0.05, 0.1) is 17.0 Å². The molecule has 0 bridgehead atoms. The van der Waals surface area contributed by atoms with E-state index in [0.717, 1.165) is 55.5 Å². The molecule has 0 saturated heterocycles. The highest BCUT2D eigenvalue weighted by atomic mass is 32.2. The van der Waals surface area contributed by atoms with E-state index in [-0.39, 0.29) is 17.4 Å². The van der Waals surface area contributed by atoms with Crippen molar-refractivity contribution in [2.24, 2.45) is 11.3 Å². The molecule has 0 unspecified atom stereocenters. The highest BCUT2D eigenvalue weighted by Gasteiger charge is 2.36. The van der Waals surface area contributed by atoms with E-state index < -0.39 is 10.0 Å². The number of carbonyl (C=O) groups is 1. The van der Waals surface area contributed by atoms with Crippen LogP contribution in [0.2, 0.25) is 0 Å². The minimum atomic E-state index is -3.58. The number of carbonyl (C=O) groups excluding carboxylic acids is 1. The Balaban J connectivity index is 1.63. The molecule has 1 N–H and O–H groups in total. The lowest BCUT2D eigenvalue weighted by Crippen LogP contribution is -2.42. The van der Waals surface area contributed by atoms with E-state index in [1.165, 1.54) is 0 Å². The second-order valence-corrected chi connectivity index (χ2v) is 10.9. The lowest BCUT2D eigenvalue weighted by molar-refractivity contribution is -0.117. The van der Waals surface area contributed by atoms with Crippen LogP contribution in [0.3, 0.4) is 0 Å². The Bertz CT molecular complexity index is 860. The number of benzene rings is 1. The molecule has 26 heavy (non-hydrogen) atoms. The van der Waals surface area contributed by atoms with Crippen LogP contribution in [-0.2, 0) is 27.7 Å². The zero-order valence-corrected chi connectivity index (χ0v) is 16.7. The topological polar surface area (TPSA) is 66.5 Å². The van der Waals surface area contributed by atoms with Crippen LogP contribution in [0.25, 0.3) is 0 Å². The van der Waals surface area contributed by atoms with Crippen LogP contribution in [0.4, 0.5) is 5.69 Å². The average molecular weight is 377 g/mol. The van der Waals surface area contributed by atoms with Crippen molar-refractivity contribution in [2.45, 2.75) is 70.2 Å². The molecule has 2 aliphatic heterocycles. The summed E-state index contributed by atoms with van der Waals surface area (Å²) in [5, 5.41) is 0. The van der Waals surface area contributed by atoms with Gasteiger partial charge in [-0.05, 0) is 66.7 Å². The average Bonchev–Trinajstić information content (AvgIpc) is 2.82. The number of hydrogen-bond acceptors (Lipinski definition) is 3. The van der Waals surface area contributed by atoms with Crippen molar-refractivity contribution in [3.63, 3.8) is 0 Å². The molecule has 1 amide bonds. The molecule has 6 heteroatoms. The van der Waals surface area contributed by atoms with Crippen molar-refractivity contribution in [3.05, 3.63) is 23.3 Å². The molecule has 1 aromatic carbocycles. The van der Waals surface area contributed by atoms with E-state index in [1.807, 2.05) is 4.90 Å². The molecule has 0 aromatic heterocycles. The van der Waals surface area contributed by atoms with Crippen LogP contribution in [-0.4, -0.2) is 26.9 Å². The van der Waals surface area contributed by atoms with Crippen molar-refractivity contribution in [1.82, 2.24) is 4.72 Å². The number of rotatable bonds is 3. The molecule has 2 atom stereocenters. The summed E-state index contributed by atoms with van der Waals surface area (Å²) in [6.45, 7) is 7.37. The molecule has 1 aromatic rings. The maximum atomic E-state index is 13.1. The molecule has 2 heterocycles. The van der Waals surface area contributed by atoms with Gasteiger partial charge in [-0.3, -0.25) is 4.79 Å². The van der Waals surface area contributed by atoms with E-state index >= 15 is 0 Å². The molecule has 142 valence electrons. The van der Waals surface area contributed by atoms with Crippen molar-refractivity contribution >= 4 is 21.6 Å². The van der Waals surface area contributed by atoms with Gasteiger partial charge in [-0.2, -0.15) is 0 Å². The number of hydrogen-bond donors (Lipinski definition) is 1. The molecule has 0 radical (unpaired) electrons. The predicted octanol–water partition coefficient (Wildman–Crippen LogP) is 3.02. The molecule has 1 fully saturated rings. The van der Waals surface area contributed by atoms with Gasteiger partial charge in [0.15, 0.2) is 0 Å². The third-order valence-electron chi connectivity index (χ3n) is 6.00. The number of nitrogens with zero attached hydrogens (tertiary/aromatic N) is 1. The number of aryl methyl sites for hydroxylation is 1. The zero-order valence-electron chi connectivity index (χ0n) is 15.8. The molecular weight excluding hydrogens is 348 g/mol. The first-order valence-corrected chi connectivity index (χ1v) is 11.1. The largest absolute Gasteiger partial charge is 0.312 e. The van der Waals surface area contributed by atoms with Crippen LogP contribution < -0.4 is 9.62 Å². The van der Waals surface area contributed by atoms with Gasteiger partial charge in [-0.25, -0.2) is 13.1 Å². The van der Waals surface area contributed by atoms with Gasteiger partial charge in [-0.1, -0.05) is 20.8 Å². The smallest absolute Gasteiger partial charge is 0.240 e. The SMILES string of the molecule is C[C@@H]1C[C@H](NS(=O)(=O)c2cc3c4c(c2)CC(=O)N4CCC3)CC(C)(C)C1. The highest BCUT2D eigenvalue weighted by Crippen LogP contribution is 2.40. The van der Waals surface area contributed by atoms with Gasteiger partial charge in [0.25, 0.3) is 0 Å². The summed E-state index contributed by atoms with van der Waals surface area (Å²) in [7, 11) is -3.58. The van der Waals surface area contributed by atoms with Gasteiger partial charge >= 0.3 is 0 Å². The van der Waals surface area contributed by atoms with Crippen LogP contribution in [0.1, 0.15) is 57.6 Å². The van der Waals surface area contributed by atoms with Crippen LogP contribution in [0.15, 0.2) is 17.0 Å². The second-order valence-electron chi connectivity index (χ2n) is 9.15. The summed E-state index contributed by atoms with van der Waals surface area (Å²) < 4.78 is 29.1. The fraction of sp³-hybridized carbons (Fsp3) is 0.650. The number of anilines is 1. The molecule has 5 nitrogen and oxygen atoms in total. The predicted molar refractivity (Wildman–Crippen MR) is 102 cm³/mol. The second kappa shape index (κ2) is 6.06. The van der Waals surface area contributed by atoms with Crippen molar-refractivity contribution < 1.29 is 13.2 Å². The van der Waals surface area contributed by atoms with E-state index in [1.54, 1.807) is 12.1 Å². The maximum Gasteiger partial charge on any atom is 0.240 e. The van der Waals surface area contributed by atoms with Crippen molar-refractivity contribution in [1.29, 1.82) is 0 Å². The minimum absolute atomic E-state index is 0.0264. The summed E-state index contributed by atoms with van der Waals surface area (Å²) in [4.78, 5) is 14.3. The lowest BCUT2D eigenvalue weighted by Gasteiger charge is -2.39. The minimum Gasteiger partial charge on any atom is -0.312 e. The monoisotopic (exact) mass is 376 g/mol. The zero-order chi connectivity index (χ0) is 18.7. The fourth-order valence-corrected chi connectivity index (χ4v) is 6.67. The summed E-state index contributed by atoms with van der Waals surface area (Å²) in [5.74, 6) is 0.602. The van der Waals surface area contributed by atoms with E-state index in [0.29, 0.717) is 17.2 Å². The highest BCUT2D eigenvalue weighted by molar-refractivity contribution is 7.89. The van der Waals surface area contributed by atoms with E-state index in [9.17, 15) is 13.2 Å². The van der Waals surface area contributed by atoms with Crippen molar-refractivity contribution in [3.8, 4) is 0 Å². The summed E-state index contributed by atoms with van der Waals surface area (Å²) in [6.07, 6.45) is 4.92. The van der Waals surface area contributed by atoms with E-state index in [2.05, 4.69) is 25.5 Å². The normalized spacial score (nSPS) is 27.5. The van der Waals surface area contributed by atoms with Gasteiger partial charge in [0.1, 0.15) is 0 Å². The lowest BCUT2D eigenvalue weighted by atomic mass is 9.71. The van der Waals surface area contributed by atoms with Crippen molar-refractivity contribution in [2.75, 3.05) is 11.4 Å². The van der Waals surface area contributed by atoms with Crippen LogP contribution >= 0.6 is 0 Å². The Morgan fingerprint density at radius 1 is 1.19 bits per heavy atom. The molecule has 0 spiro atoms. The van der Waals surface area contributed by atoms with Gasteiger partial charge in [-0.15, -0.1) is 0 Å². The molecule has 4 rings (SSSR count). The molecule has 3 aliphatic rings. The van der Waals surface area contributed by atoms with Gasteiger partial charge in [0, 0.05) is 12.6 Å². The molecular formula is C20H28N2O3S. The summed E-state index contributed by atoms with van der Waals surface area (Å²) in [5.41, 5.74) is 2.98.